The highest BCUT2D eigenvalue weighted by atomic mass is 32.1. The lowest BCUT2D eigenvalue weighted by Gasteiger charge is -2.26. The van der Waals surface area contributed by atoms with Crippen molar-refractivity contribution in [2.75, 3.05) is 0 Å². The number of aryl methyl sites for hydroxylation is 1. The molecule has 0 aliphatic carbocycles. The zero-order chi connectivity index (χ0) is 28.3. The van der Waals surface area contributed by atoms with Gasteiger partial charge in [0.2, 0.25) is 5.78 Å². The predicted molar refractivity (Wildman–Crippen MR) is 150 cm³/mol. The van der Waals surface area contributed by atoms with Crippen molar-refractivity contribution in [3.8, 4) is 0 Å². The van der Waals surface area contributed by atoms with E-state index in [1.54, 1.807) is 6.92 Å². The van der Waals surface area contributed by atoms with Gasteiger partial charge in [0, 0.05) is 66.7 Å². The number of amides is 1. The van der Waals surface area contributed by atoms with Gasteiger partial charge in [-0.3, -0.25) is 14.4 Å². The Hall–Kier alpha value is -4.31. The van der Waals surface area contributed by atoms with Gasteiger partial charge in [-0.05, 0) is 55.6 Å². The van der Waals surface area contributed by atoms with Crippen molar-refractivity contribution in [1.82, 2.24) is 9.63 Å². The first-order chi connectivity index (χ1) is 18.6. The smallest absolute Gasteiger partial charge is 0.331 e. The first-order valence-electron chi connectivity index (χ1n) is 12.5. The lowest BCUT2D eigenvalue weighted by Crippen LogP contribution is -2.39. The standard InChI is InChI=1S/C29H29N3O6S/c1-6-31-26-11-9-21(25(30-37-19(4)34)14-17(2)32(18(3)33)38-20(5)35)15-23(26)24-16-22(10-12-27(24)31)29(36)28-8-7-13-39-28/h7-13,15-17H,6,14H2,1-5H3. The molecule has 4 rings (SSSR count). The number of carbonyl (C=O) groups excluding carboxylic acids is 4. The molecule has 0 saturated heterocycles. The molecule has 0 spiro atoms. The topological polar surface area (TPSA) is 107 Å². The van der Waals surface area contributed by atoms with E-state index in [2.05, 4.69) is 16.6 Å². The number of oxime groups is 1. The van der Waals surface area contributed by atoms with E-state index in [1.807, 2.05) is 53.9 Å². The van der Waals surface area contributed by atoms with Crippen LogP contribution in [0.4, 0.5) is 0 Å². The first-order valence-corrected chi connectivity index (χ1v) is 13.4. The minimum absolute atomic E-state index is 0.0406. The summed E-state index contributed by atoms with van der Waals surface area (Å²) >= 11 is 1.40. The molecule has 0 bridgehead atoms. The zero-order valence-electron chi connectivity index (χ0n) is 22.4. The molecule has 2 aromatic heterocycles. The fourth-order valence-electron chi connectivity index (χ4n) is 4.61. The van der Waals surface area contributed by atoms with E-state index in [1.165, 1.54) is 32.1 Å². The molecule has 0 N–H and O–H groups in total. The van der Waals surface area contributed by atoms with Crippen LogP contribution in [0.15, 0.2) is 59.1 Å². The van der Waals surface area contributed by atoms with Crippen molar-refractivity contribution in [2.45, 2.75) is 53.6 Å². The number of hydrogen-bond donors (Lipinski definition) is 0. The lowest BCUT2D eigenvalue weighted by molar-refractivity contribution is -0.202. The van der Waals surface area contributed by atoms with Crippen molar-refractivity contribution in [2.24, 2.45) is 5.16 Å². The van der Waals surface area contributed by atoms with Crippen molar-refractivity contribution in [1.29, 1.82) is 0 Å². The van der Waals surface area contributed by atoms with Gasteiger partial charge in [-0.1, -0.05) is 17.3 Å². The van der Waals surface area contributed by atoms with Gasteiger partial charge < -0.3 is 14.2 Å². The minimum atomic E-state index is -0.628. The summed E-state index contributed by atoms with van der Waals surface area (Å²) in [4.78, 5) is 59.1. The Bertz CT molecular complexity index is 1600. The molecule has 1 unspecified atom stereocenters. The van der Waals surface area contributed by atoms with E-state index in [0.29, 0.717) is 21.7 Å². The number of ketones is 1. The second-order valence-electron chi connectivity index (χ2n) is 9.12. The molecule has 0 radical (unpaired) electrons. The molecule has 10 heteroatoms. The third-order valence-electron chi connectivity index (χ3n) is 6.23. The molecule has 1 atom stereocenters. The van der Waals surface area contributed by atoms with E-state index in [0.717, 1.165) is 33.4 Å². The predicted octanol–water partition coefficient (Wildman–Crippen LogP) is 5.48. The van der Waals surface area contributed by atoms with Gasteiger partial charge in [0.25, 0.3) is 5.91 Å². The summed E-state index contributed by atoms with van der Waals surface area (Å²) in [5, 5.41) is 8.74. The van der Waals surface area contributed by atoms with Crippen molar-refractivity contribution in [3.05, 3.63) is 69.9 Å². The van der Waals surface area contributed by atoms with Crippen LogP contribution in [0.5, 0.6) is 0 Å². The van der Waals surface area contributed by atoms with E-state index < -0.39 is 23.9 Å². The van der Waals surface area contributed by atoms with Crippen LogP contribution in [0.1, 0.15) is 61.8 Å². The summed E-state index contributed by atoms with van der Waals surface area (Å²) < 4.78 is 2.16. The Labute approximate surface area is 229 Å². The maximum absolute atomic E-state index is 13.1. The molecule has 2 heterocycles. The van der Waals surface area contributed by atoms with Crippen LogP contribution in [0.2, 0.25) is 0 Å². The van der Waals surface area contributed by atoms with E-state index in [-0.39, 0.29) is 12.2 Å². The molecular weight excluding hydrogens is 518 g/mol. The highest BCUT2D eigenvalue weighted by Crippen LogP contribution is 2.32. The molecular formula is C29H29N3O6S. The van der Waals surface area contributed by atoms with Gasteiger partial charge in [-0.15, -0.1) is 11.3 Å². The first kappa shape index (κ1) is 27.7. The summed E-state index contributed by atoms with van der Waals surface area (Å²) in [5.74, 6) is -1.71. The SMILES string of the molecule is CCn1c2ccc(C(=O)c3cccs3)cc2c2cc(C(CC(C)N(OC(C)=O)C(C)=O)=NOC(C)=O)ccc21. The molecule has 0 saturated carbocycles. The second kappa shape index (κ2) is 11.6. The van der Waals surface area contributed by atoms with Crippen LogP contribution in [0, 0.1) is 0 Å². The Morgan fingerprint density at radius 2 is 1.59 bits per heavy atom. The highest BCUT2D eigenvalue weighted by Gasteiger charge is 2.24. The van der Waals surface area contributed by atoms with Gasteiger partial charge in [-0.2, -0.15) is 5.06 Å². The summed E-state index contributed by atoms with van der Waals surface area (Å²) in [6.07, 6.45) is 0.139. The molecule has 4 aromatic rings. The van der Waals surface area contributed by atoms with E-state index >= 15 is 0 Å². The normalized spacial score (nSPS) is 12.4. The summed E-state index contributed by atoms with van der Waals surface area (Å²) in [5.41, 5.74) is 3.60. The van der Waals surface area contributed by atoms with Crippen LogP contribution in [0.25, 0.3) is 21.8 Å². The van der Waals surface area contributed by atoms with Crippen LogP contribution < -0.4 is 0 Å². The van der Waals surface area contributed by atoms with E-state index in [9.17, 15) is 19.2 Å². The number of benzene rings is 2. The van der Waals surface area contributed by atoms with Gasteiger partial charge >= 0.3 is 11.9 Å². The van der Waals surface area contributed by atoms with Gasteiger partial charge in [0.15, 0.2) is 0 Å². The number of fused-ring (bicyclic) bond motifs is 3. The number of hydrogen-bond acceptors (Lipinski definition) is 8. The zero-order valence-corrected chi connectivity index (χ0v) is 23.2. The summed E-state index contributed by atoms with van der Waals surface area (Å²) in [6.45, 7) is 8.23. The number of hydroxylamine groups is 2. The Morgan fingerprint density at radius 1 is 0.949 bits per heavy atom. The number of carbonyl (C=O) groups is 4. The molecule has 1 amide bonds. The number of nitrogens with zero attached hydrogens (tertiary/aromatic N) is 3. The highest BCUT2D eigenvalue weighted by molar-refractivity contribution is 7.12. The number of aromatic nitrogens is 1. The third-order valence-corrected chi connectivity index (χ3v) is 7.10. The maximum atomic E-state index is 13.1. The molecule has 0 fully saturated rings. The van der Waals surface area contributed by atoms with Gasteiger partial charge in [0.05, 0.1) is 16.6 Å². The van der Waals surface area contributed by atoms with Crippen LogP contribution >= 0.6 is 11.3 Å². The van der Waals surface area contributed by atoms with Crippen molar-refractivity contribution >= 4 is 62.5 Å². The molecule has 0 aliphatic rings. The Kier molecular flexibility index (Phi) is 8.25. The van der Waals surface area contributed by atoms with Crippen LogP contribution in [0.3, 0.4) is 0 Å². The van der Waals surface area contributed by atoms with Gasteiger partial charge in [0.1, 0.15) is 0 Å². The van der Waals surface area contributed by atoms with Crippen molar-refractivity contribution < 1.29 is 28.9 Å². The molecule has 202 valence electrons. The molecule has 0 aliphatic heterocycles. The van der Waals surface area contributed by atoms with Crippen molar-refractivity contribution in [3.63, 3.8) is 0 Å². The van der Waals surface area contributed by atoms with Crippen LogP contribution in [-0.2, 0) is 30.6 Å². The fourth-order valence-corrected chi connectivity index (χ4v) is 5.29. The Morgan fingerprint density at radius 3 is 2.13 bits per heavy atom. The summed E-state index contributed by atoms with van der Waals surface area (Å²) in [6, 6.07) is 14.5. The average Bonchev–Trinajstić information content (AvgIpc) is 3.54. The van der Waals surface area contributed by atoms with Gasteiger partial charge in [-0.25, -0.2) is 4.79 Å². The average molecular weight is 548 g/mol. The minimum Gasteiger partial charge on any atom is -0.341 e. The fraction of sp³-hybridized carbons (Fsp3) is 0.276. The molecule has 2 aromatic carbocycles. The quantitative estimate of drug-likeness (QED) is 0.125. The van der Waals surface area contributed by atoms with Crippen LogP contribution in [-0.4, -0.2) is 45.0 Å². The lowest BCUT2D eigenvalue weighted by atomic mass is 10.00. The maximum Gasteiger partial charge on any atom is 0.331 e. The van der Waals surface area contributed by atoms with E-state index in [4.69, 9.17) is 9.68 Å². The number of rotatable bonds is 8. The largest absolute Gasteiger partial charge is 0.341 e. The molecule has 39 heavy (non-hydrogen) atoms. The number of thiophene rings is 1. The monoisotopic (exact) mass is 547 g/mol. The molecule has 9 nitrogen and oxygen atoms in total. The summed E-state index contributed by atoms with van der Waals surface area (Å²) in [7, 11) is 0. The Balaban J connectivity index is 1.82. The second-order valence-corrected chi connectivity index (χ2v) is 10.1. The third kappa shape index (κ3) is 5.91.